The van der Waals surface area contributed by atoms with E-state index in [1.54, 1.807) is 12.1 Å². The molecule has 0 radical (unpaired) electrons. The number of nitrogens with two attached hydrogens (primary N) is 1. The van der Waals surface area contributed by atoms with Crippen LogP contribution in [0.2, 0.25) is 0 Å². The second-order valence-corrected chi connectivity index (χ2v) is 6.37. The van der Waals surface area contributed by atoms with Gasteiger partial charge in [-0.05, 0) is 37.9 Å². The zero-order valence-corrected chi connectivity index (χ0v) is 12.7. The second kappa shape index (κ2) is 7.03. The van der Waals surface area contributed by atoms with E-state index in [-0.39, 0.29) is 16.9 Å². The van der Waals surface area contributed by atoms with E-state index in [9.17, 15) is 8.42 Å². The van der Waals surface area contributed by atoms with Gasteiger partial charge in [0, 0.05) is 12.0 Å². The van der Waals surface area contributed by atoms with Gasteiger partial charge in [-0.1, -0.05) is 32.0 Å². The molecule has 1 aromatic rings. The van der Waals surface area contributed by atoms with Gasteiger partial charge in [0.2, 0.25) is 10.0 Å². The van der Waals surface area contributed by atoms with Gasteiger partial charge >= 0.3 is 0 Å². The van der Waals surface area contributed by atoms with Gasteiger partial charge in [0.25, 0.3) is 0 Å². The standard InChI is InChI=1S/C14H24N2O2S/c1-4-10-16-11(3)12(5-2)13-8-6-7-9-14(13)19(15,17)18/h6-9,11-12,16H,4-5,10H2,1-3H3,(H2,15,17,18). The Bertz CT molecular complexity index is 500. The van der Waals surface area contributed by atoms with Crippen LogP contribution in [0.1, 0.15) is 45.1 Å². The Morgan fingerprint density at radius 2 is 1.89 bits per heavy atom. The topological polar surface area (TPSA) is 72.2 Å². The molecule has 0 aliphatic carbocycles. The molecule has 0 spiro atoms. The Balaban J connectivity index is 3.12. The third-order valence-corrected chi connectivity index (χ3v) is 4.37. The van der Waals surface area contributed by atoms with E-state index in [0.29, 0.717) is 0 Å². The number of hydrogen-bond acceptors (Lipinski definition) is 3. The van der Waals surface area contributed by atoms with Crippen molar-refractivity contribution in [2.75, 3.05) is 6.54 Å². The fourth-order valence-corrected chi connectivity index (χ4v) is 3.22. The van der Waals surface area contributed by atoms with Crippen molar-refractivity contribution in [3.8, 4) is 0 Å². The first-order valence-electron chi connectivity index (χ1n) is 6.76. The van der Waals surface area contributed by atoms with Crippen molar-refractivity contribution in [1.29, 1.82) is 0 Å². The molecule has 5 heteroatoms. The maximum Gasteiger partial charge on any atom is 0.238 e. The summed E-state index contributed by atoms with van der Waals surface area (Å²) >= 11 is 0. The molecule has 0 saturated heterocycles. The summed E-state index contributed by atoms with van der Waals surface area (Å²) < 4.78 is 23.3. The summed E-state index contributed by atoms with van der Waals surface area (Å²) in [4.78, 5) is 0.243. The lowest BCUT2D eigenvalue weighted by Crippen LogP contribution is -2.33. The molecular formula is C14H24N2O2S. The van der Waals surface area contributed by atoms with Crippen molar-refractivity contribution in [2.45, 2.75) is 50.5 Å². The molecule has 19 heavy (non-hydrogen) atoms. The van der Waals surface area contributed by atoms with E-state index < -0.39 is 10.0 Å². The Morgan fingerprint density at radius 1 is 1.26 bits per heavy atom. The summed E-state index contributed by atoms with van der Waals surface area (Å²) in [5.74, 6) is 0.140. The summed E-state index contributed by atoms with van der Waals surface area (Å²) in [6.45, 7) is 7.19. The predicted molar refractivity (Wildman–Crippen MR) is 78.6 cm³/mol. The molecule has 108 valence electrons. The van der Waals surface area contributed by atoms with E-state index in [4.69, 9.17) is 5.14 Å². The average molecular weight is 284 g/mol. The largest absolute Gasteiger partial charge is 0.314 e. The maximum absolute atomic E-state index is 11.7. The number of rotatable bonds is 7. The molecular weight excluding hydrogens is 260 g/mol. The molecule has 0 aliphatic heterocycles. The van der Waals surface area contributed by atoms with Gasteiger partial charge < -0.3 is 5.32 Å². The summed E-state index contributed by atoms with van der Waals surface area (Å²) in [5.41, 5.74) is 0.809. The zero-order valence-electron chi connectivity index (χ0n) is 11.9. The highest BCUT2D eigenvalue weighted by molar-refractivity contribution is 7.89. The Morgan fingerprint density at radius 3 is 2.42 bits per heavy atom. The minimum Gasteiger partial charge on any atom is -0.314 e. The molecule has 1 rings (SSSR count). The molecule has 0 aliphatic rings. The SMILES string of the molecule is CCCNC(C)C(CC)c1ccccc1S(N)(=O)=O. The quantitative estimate of drug-likeness (QED) is 0.806. The van der Waals surface area contributed by atoms with Crippen LogP contribution in [0.3, 0.4) is 0 Å². The fraction of sp³-hybridized carbons (Fsp3) is 0.571. The van der Waals surface area contributed by atoms with Crippen LogP contribution >= 0.6 is 0 Å². The van der Waals surface area contributed by atoms with Gasteiger partial charge in [-0.2, -0.15) is 0 Å². The van der Waals surface area contributed by atoms with Gasteiger partial charge in [-0.15, -0.1) is 0 Å². The number of hydrogen-bond donors (Lipinski definition) is 2. The maximum atomic E-state index is 11.7. The van der Waals surface area contributed by atoms with Gasteiger partial charge in [0.05, 0.1) is 4.90 Å². The highest BCUT2D eigenvalue weighted by Crippen LogP contribution is 2.28. The van der Waals surface area contributed by atoms with Crippen molar-refractivity contribution in [1.82, 2.24) is 5.32 Å². The molecule has 3 N–H and O–H groups in total. The summed E-state index contributed by atoms with van der Waals surface area (Å²) in [6, 6.07) is 7.23. The van der Waals surface area contributed by atoms with Crippen molar-refractivity contribution in [3.05, 3.63) is 29.8 Å². The van der Waals surface area contributed by atoms with Crippen molar-refractivity contribution in [3.63, 3.8) is 0 Å². The highest BCUT2D eigenvalue weighted by Gasteiger charge is 2.23. The van der Waals surface area contributed by atoms with Crippen molar-refractivity contribution >= 4 is 10.0 Å². The van der Waals surface area contributed by atoms with E-state index >= 15 is 0 Å². The lowest BCUT2D eigenvalue weighted by atomic mass is 9.90. The molecule has 4 nitrogen and oxygen atoms in total. The number of benzene rings is 1. The van der Waals surface area contributed by atoms with Crippen molar-refractivity contribution in [2.24, 2.45) is 5.14 Å². The summed E-state index contributed by atoms with van der Waals surface area (Å²) in [7, 11) is -3.67. The monoisotopic (exact) mass is 284 g/mol. The second-order valence-electron chi connectivity index (χ2n) is 4.84. The first-order chi connectivity index (χ1) is 8.91. The molecule has 0 aromatic heterocycles. The van der Waals surface area contributed by atoms with Gasteiger partial charge in [0.15, 0.2) is 0 Å². The molecule has 1 aromatic carbocycles. The smallest absolute Gasteiger partial charge is 0.238 e. The normalized spacial score (nSPS) is 15.2. The average Bonchev–Trinajstić information content (AvgIpc) is 2.36. The molecule has 2 atom stereocenters. The van der Waals surface area contributed by atoms with E-state index in [2.05, 4.69) is 26.1 Å². The third-order valence-electron chi connectivity index (χ3n) is 3.38. The van der Waals surface area contributed by atoms with E-state index in [1.807, 2.05) is 12.1 Å². The lowest BCUT2D eigenvalue weighted by Gasteiger charge is -2.25. The molecule has 0 saturated carbocycles. The fourth-order valence-electron chi connectivity index (χ4n) is 2.40. The Kier molecular flexibility index (Phi) is 5.97. The van der Waals surface area contributed by atoms with Gasteiger partial charge in [-0.3, -0.25) is 0 Å². The van der Waals surface area contributed by atoms with Crippen LogP contribution in [0.15, 0.2) is 29.2 Å². The lowest BCUT2D eigenvalue weighted by molar-refractivity contribution is 0.445. The first kappa shape index (κ1) is 16.1. The molecule has 0 heterocycles. The first-order valence-corrected chi connectivity index (χ1v) is 8.31. The van der Waals surface area contributed by atoms with E-state index in [1.165, 1.54) is 0 Å². The van der Waals surface area contributed by atoms with Crippen LogP contribution in [0.4, 0.5) is 0 Å². The minimum absolute atomic E-state index is 0.140. The van der Waals surface area contributed by atoms with Crippen LogP contribution in [-0.4, -0.2) is 21.0 Å². The summed E-state index contributed by atoms with van der Waals surface area (Å²) in [5, 5.41) is 8.73. The van der Waals surface area contributed by atoms with E-state index in [0.717, 1.165) is 24.9 Å². The van der Waals surface area contributed by atoms with Crippen LogP contribution in [-0.2, 0) is 10.0 Å². The van der Waals surface area contributed by atoms with Crippen molar-refractivity contribution < 1.29 is 8.42 Å². The van der Waals surface area contributed by atoms with Crippen LogP contribution in [0, 0.1) is 0 Å². The number of sulfonamides is 1. The molecule has 0 amide bonds. The number of nitrogens with one attached hydrogen (secondary N) is 1. The third kappa shape index (κ3) is 4.30. The van der Waals surface area contributed by atoms with Crippen LogP contribution < -0.4 is 10.5 Å². The number of primary sulfonamides is 1. The molecule has 0 bridgehead atoms. The zero-order chi connectivity index (χ0) is 14.5. The molecule has 2 unspecified atom stereocenters. The highest BCUT2D eigenvalue weighted by atomic mass is 32.2. The summed E-state index contributed by atoms with van der Waals surface area (Å²) in [6.07, 6.45) is 1.92. The van der Waals surface area contributed by atoms with Crippen LogP contribution in [0.5, 0.6) is 0 Å². The predicted octanol–water partition coefficient (Wildman–Crippen LogP) is 2.22. The van der Waals surface area contributed by atoms with Crippen LogP contribution in [0.25, 0.3) is 0 Å². The van der Waals surface area contributed by atoms with Gasteiger partial charge in [0.1, 0.15) is 0 Å². The van der Waals surface area contributed by atoms with Gasteiger partial charge in [-0.25, -0.2) is 13.6 Å². The minimum atomic E-state index is -3.67. The Hall–Kier alpha value is -0.910. The molecule has 0 fully saturated rings. The Labute approximate surface area is 116 Å².